The summed E-state index contributed by atoms with van der Waals surface area (Å²) in [5.41, 5.74) is -0.176. The lowest BCUT2D eigenvalue weighted by atomic mass is 9.80. The Labute approximate surface area is 92.0 Å². The van der Waals surface area contributed by atoms with Crippen molar-refractivity contribution in [3.05, 3.63) is 0 Å². The van der Waals surface area contributed by atoms with E-state index in [-0.39, 0.29) is 11.3 Å². The van der Waals surface area contributed by atoms with Crippen molar-refractivity contribution in [2.75, 3.05) is 19.6 Å². The second-order valence-corrected chi connectivity index (χ2v) is 4.24. The average molecular weight is 208 g/mol. The quantitative estimate of drug-likeness (QED) is 0.534. The highest BCUT2D eigenvalue weighted by molar-refractivity contribution is 5.82. The molecule has 1 rings (SSSR count). The van der Waals surface area contributed by atoms with E-state index in [4.69, 9.17) is 0 Å². The van der Waals surface area contributed by atoms with E-state index in [1.807, 2.05) is 6.92 Å². The van der Waals surface area contributed by atoms with Gasteiger partial charge in [0, 0.05) is 18.4 Å². The standard InChI is InChI=1S/C12H20N2O/c1-3-4-5-8-14-11(15)12(2)6-9-13-10-7-12/h13H,5-10H2,1-2H3,(H,14,15). The lowest BCUT2D eigenvalue weighted by Crippen LogP contribution is -2.45. The van der Waals surface area contributed by atoms with Gasteiger partial charge in [0.1, 0.15) is 0 Å². The molecular weight excluding hydrogens is 188 g/mol. The molecule has 0 radical (unpaired) electrons. The molecule has 0 aliphatic carbocycles. The maximum absolute atomic E-state index is 11.9. The van der Waals surface area contributed by atoms with Gasteiger partial charge < -0.3 is 10.6 Å². The maximum Gasteiger partial charge on any atom is 0.226 e. The number of rotatable bonds is 3. The summed E-state index contributed by atoms with van der Waals surface area (Å²) in [5.74, 6) is 5.94. The number of nitrogens with one attached hydrogen (secondary N) is 2. The number of hydrogen-bond acceptors (Lipinski definition) is 2. The third kappa shape index (κ3) is 3.56. The molecule has 0 spiro atoms. The van der Waals surface area contributed by atoms with Gasteiger partial charge in [-0.05, 0) is 32.9 Å². The predicted molar refractivity (Wildman–Crippen MR) is 61.3 cm³/mol. The Morgan fingerprint density at radius 2 is 2.13 bits per heavy atom. The fraction of sp³-hybridized carbons (Fsp3) is 0.750. The molecule has 1 amide bonds. The van der Waals surface area contributed by atoms with E-state index in [1.54, 1.807) is 0 Å². The zero-order valence-corrected chi connectivity index (χ0v) is 9.65. The van der Waals surface area contributed by atoms with Crippen molar-refractivity contribution in [2.45, 2.75) is 33.1 Å². The van der Waals surface area contributed by atoms with Crippen LogP contribution in [0.25, 0.3) is 0 Å². The van der Waals surface area contributed by atoms with Crippen LogP contribution < -0.4 is 10.6 Å². The topological polar surface area (TPSA) is 41.1 Å². The lowest BCUT2D eigenvalue weighted by Gasteiger charge is -2.32. The van der Waals surface area contributed by atoms with Crippen molar-refractivity contribution in [2.24, 2.45) is 5.41 Å². The number of carbonyl (C=O) groups is 1. The summed E-state index contributed by atoms with van der Waals surface area (Å²) in [4.78, 5) is 11.9. The molecule has 84 valence electrons. The minimum Gasteiger partial charge on any atom is -0.355 e. The van der Waals surface area contributed by atoms with Crippen LogP contribution in [-0.4, -0.2) is 25.5 Å². The highest BCUT2D eigenvalue weighted by Gasteiger charge is 2.33. The van der Waals surface area contributed by atoms with E-state index in [0.29, 0.717) is 6.54 Å². The van der Waals surface area contributed by atoms with E-state index < -0.39 is 0 Å². The maximum atomic E-state index is 11.9. The van der Waals surface area contributed by atoms with Crippen LogP contribution in [0.15, 0.2) is 0 Å². The molecule has 1 heterocycles. The SMILES string of the molecule is CC#CCCNC(=O)C1(C)CCNCC1. The van der Waals surface area contributed by atoms with Crippen molar-refractivity contribution in [3.63, 3.8) is 0 Å². The molecule has 3 nitrogen and oxygen atoms in total. The Hall–Kier alpha value is -1.01. The van der Waals surface area contributed by atoms with Gasteiger partial charge in [0.2, 0.25) is 5.91 Å². The Morgan fingerprint density at radius 3 is 2.73 bits per heavy atom. The molecule has 0 aromatic heterocycles. The summed E-state index contributed by atoms with van der Waals surface area (Å²) in [5, 5.41) is 6.23. The molecule has 15 heavy (non-hydrogen) atoms. The number of piperidine rings is 1. The summed E-state index contributed by atoms with van der Waals surface area (Å²) >= 11 is 0. The summed E-state index contributed by atoms with van der Waals surface area (Å²) in [7, 11) is 0. The summed E-state index contributed by atoms with van der Waals surface area (Å²) in [6, 6.07) is 0. The summed E-state index contributed by atoms with van der Waals surface area (Å²) in [6.45, 7) is 6.42. The fourth-order valence-electron chi connectivity index (χ4n) is 1.78. The molecule has 0 aromatic rings. The highest BCUT2D eigenvalue weighted by Crippen LogP contribution is 2.27. The van der Waals surface area contributed by atoms with Gasteiger partial charge in [-0.25, -0.2) is 0 Å². The Balaban J connectivity index is 2.33. The third-order valence-corrected chi connectivity index (χ3v) is 2.97. The molecular formula is C12H20N2O. The van der Waals surface area contributed by atoms with Crippen LogP contribution in [0.2, 0.25) is 0 Å². The first-order valence-electron chi connectivity index (χ1n) is 5.58. The molecule has 1 fully saturated rings. The van der Waals surface area contributed by atoms with Crippen LogP contribution in [0, 0.1) is 17.3 Å². The van der Waals surface area contributed by atoms with Crippen molar-refractivity contribution in [1.29, 1.82) is 0 Å². The Morgan fingerprint density at radius 1 is 1.47 bits per heavy atom. The molecule has 1 saturated heterocycles. The van der Waals surface area contributed by atoms with Crippen molar-refractivity contribution in [3.8, 4) is 11.8 Å². The molecule has 0 aromatic carbocycles. The van der Waals surface area contributed by atoms with Gasteiger partial charge in [0.15, 0.2) is 0 Å². The van der Waals surface area contributed by atoms with Gasteiger partial charge in [-0.3, -0.25) is 4.79 Å². The van der Waals surface area contributed by atoms with Crippen LogP contribution in [0.5, 0.6) is 0 Å². The first kappa shape index (κ1) is 12.1. The molecule has 1 aliphatic heterocycles. The van der Waals surface area contributed by atoms with Gasteiger partial charge in [0.25, 0.3) is 0 Å². The van der Waals surface area contributed by atoms with E-state index in [2.05, 4.69) is 29.4 Å². The first-order valence-corrected chi connectivity index (χ1v) is 5.58. The molecule has 0 atom stereocenters. The molecule has 3 heteroatoms. The Bertz CT molecular complexity index is 269. The predicted octanol–water partition coefficient (Wildman–Crippen LogP) is 0.906. The minimum atomic E-state index is -0.176. The summed E-state index contributed by atoms with van der Waals surface area (Å²) < 4.78 is 0. The second-order valence-electron chi connectivity index (χ2n) is 4.24. The molecule has 2 N–H and O–H groups in total. The van der Waals surface area contributed by atoms with Crippen LogP contribution in [0.1, 0.15) is 33.1 Å². The van der Waals surface area contributed by atoms with Crippen LogP contribution in [-0.2, 0) is 4.79 Å². The third-order valence-electron chi connectivity index (χ3n) is 2.97. The Kier molecular flexibility index (Phi) is 4.64. The van der Waals surface area contributed by atoms with Crippen LogP contribution >= 0.6 is 0 Å². The number of carbonyl (C=O) groups excluding carboxylic acids is 1. The largest absolute Gasteiger partial charge is 0.355 e. The van der Waals surface area contributed by atoms with Gasteiger partial charge in [-0.15, -0.1) is 11.8 Å². The molecule has 0 bridgehead atoms. The molecule has 1 aliphatic rings. The fourth-order valence-corrected chi connectivity index (χ4v) is 1.78. The molecule has 0 unspecified atom stereocenters. The number of hydrogen-bond donors (Lipinski definition) is 2. The van der Waals surface area contributed by atoms with Crippen molar-refractivity contribution >= 4 is 5.91 Å². The smallest absolute Gasteiger partial charge is 0.226 e. The van der Waals surface area contributed by atoms with Crippen LogP contribution in [0.3, 0.4) is 0 Å². The second kappa shape index (κ2) is 5.77. The van der Waals surface area contributed by atoms with Gasteiger partial charge >= 0.3 is 0 Å². The minimum absolute atomic E-state index is 0.176. The van der Waals surface area contributed by atoms with E-state index in [9.17, 15) is 4.79 Å². The van der Waals surface area contributed by atoms with Gasteiger partial charge in [-0.2, -0.15) is 0 Å². The lowest BCUT2D eigenvalue weighted by molar-refractivity contribution is -0.131. The van der Waals surface area contributed by atoms with Gasteiger partial charge in [0.05, 0.1) is 0 Å². The number of amides is 1. The normalized spacial score (nSPS) is 18.8. The molecule has 0 saturated carbocycles. The zero-order valence-electron chi connectivity index (χ0n) is 9.65. The van der Waals surface area contributed by atoms with E-state index in [1.165, 1.54) is 0 Å². The average Bonchev–Trinajstić information content (AvgIpc) is 2.25. The van der Waals surface area contributed by atoms with E-state index >= 15 is 0 Å². The van der Waals surface area contributed by atoms with E-state index in [0.717, 1.165) is 32.4 Å². The van der Waals surface area contributed by atoms with Crippen molar-refractivity contribution < 1.29 is 4.79 Å². The zero-order chi connectivity index (χ0) is 11.1. The van der Waals surface area contributed by atoms with Gasteiger partial charge in [-0.1, -0.05) is 6.92 Å². The van der Waals surface area contributed by atoms with Crippen molar-refractivity contribution in [1.82, 2.24) is 10.6 Å². The summed E-state index contributed by atoms with van der Waals surface area (Å²) in [6.07, 6.45) is 2.60. The monoisotopic (exact) mass is 208 g/mol. The highest BCUT2D eigenvalue weighted by atomic mass is 16.2. The van der Waals surface area contributed by atoms with Crippen LogP contribution in [0.4, 0.5) is 0 Å². The first-order chi connectivity index (χ1) is 7.19.